The van der Waals surface area contributed by atoms with Crippen LogP contribution in [0.4, 0.5) is 8.78 Å². The van der Waals surface area contributed by atoms with Crippen LogP contribution in [0.5, 0.6) is 5.75 Å². The van der Waals surface area contributed by atoms with Gasteiger partial charge >= 0.3 is 5.69 Å². The highest BCUT2D eigenvalue weighted by atomic mass is 19.1. The standard InChI is InChI=1S/C25H22F2N6O2/c1-13(2)10-18-21-23(31-24(29-18)32-12-28-17-7-6-14(26)11-20(17)32)33(25(34)30-21)19-8-9-35-22-15(19)4-3-5-16(22)27/h3-7,11-13,19H,8-10H2,1-2H3,(H,30,34)/t19-/m1/s1. The van der Waals surface area contributed by atoms with E-state index in [-0.39, 0.29) is 29.9 Å². The van der Waals surface area contributed by atoms with Crippen LogP contribution in [-0.4, -0.2) is 35.7 Å². The summed E-state index contributed by atoms with van der Waals surface area (Å²) in [5.41, 5.74) is 2.94. The summed E-state index contributed by atoms with van der Waals surface area (Å²) in [5.74, 6) is -0.189. The number of hydrogen-bond acceptors (Lipinski definition) is 5. The summed E-state index contributed by atoms with van der Waals surface area (Å²) in [7, 11) is 0. The monoisotopic (exact) mass is 476 g/mol. The lowest BCUT2D eigenvalue weighted by Crippen LogP contribution is -2.28. The van der Waals surface area contributed by atoms with Gasteiger partial charge in [0.2, 0.25) is 5.95 Å². The molecule has 6 rings (SSSR count). The molecule has 3 aromatic heterocycles. The maximum Gasteiger partial charge on any atom is 0.328 e. The lowest BCUT2D eigenvalue weighted by atomic mass is 10.00. The number of nitrogens with zero attached hydrogens (tertiary/aromatic N) is 5. The minimum absolute atomic E-state index is 0.151. The minimum Gasteiger partial charge on any atom is -0.490 e. The van der Waals surface area contributed by atoms with Crippen LogP contribution in [0.2, 0.25) is 0 Å². The molecule has 1 aliphatic rings. The summed E-state index contributed by atoms with van der Waals surface area (Å²) in [4.78, 5) is 30.0. The second-order valence-corrected chi connectivity index (χ2v) is 9.13. The summed E-state index contributed by atoms with van der Waals surface area (Å²) in [6, 6.07) is 8.54. The van der Waals surface area contributed by atoms with Gasteiger partial charge in [0.05, 0.1) is 29.4 Å². The van der Waals surface area contributed by atoms with Gasteiger partial charge in [0.25, 0.3) is 0 Å². The van der Waals surface area contributed by atoms with Crippen LogP contribution in [0.1, 0.15) is 37.6 Å². The maximum absolute atomic E-state index is 14.5. The Hall–Kier alpha value is -4.08. The van der Waals surface area contributed by atoms with E-state index >= 15 is 0 Å². The Bertz CT molecular complexity index is 1650. The number of hydrogen-bond donors (Lipinski definition) is 1. The van der Waals surface area contributed by atoms with Crippen LogP contribution < -0.4 is 10.4 Å². The number of imidazole rings is 2. The number of ether oxygens (including phenoxy) is 1. The van der Waals surface area contributed by atoms with Gasteiger partial charge in [-0.25, -0.2) is 23.5 Å². The Morgan fingerprint density at radius 1 is 1.20 bits per heavy atom. The number of nitrogens with one attached hydrogen (secondary N) is 1. The van der Waals surface area contributed by atoms with Crippen LogP contribution in [0, 0.1) is 17.6 Å². The molecule has 0 saturated heterocycles. The second kappa shape index (κ2) is 8.00. The van der Waals surface area contributed by atoms with Crippen LogP contribution in [0.15, 0.2) is 47.5 Å². The largest absolute Gasteiger partial charge is 0.490 e. The van der Waals surface area contributed by atoms with E-state index in [0.717, 1.165) is 0 Å². The van der Waals surface area contributed by atoms with Gasteiger partial charge < -0.3 is 9.72 Å². The van der Waals surface area contributed by atoms with Crippen molar-refractivity contribution in [1.82, 2.24) is 29.1 Å². The molecular weight excluding hydrogens is 454 g/mol. The Labute approximate surface area is 198 Å². The van der Waals surface area contributed by atoms with E-state index in [2.05, 4.69) is 23.8 Å². The molecule has 0 bridgehead atoms. The predicted molar refractivity (Wildman–Crippen MR) is 126 cm³/mol. The molecule has 1 N–H and O–H groups in total. The zero-order valence-electron chi connectivity index (χ0n) is 19.1. The molecule has 0 saturated carbocycles. The Morgan fingerprint density at radius 3 is 2.89 bits per heavy atom. The van der Waals surface area contributed by atoms with Crippen molar-refractivity contribution in [1.29, 1.82) is 0 Å². The van der Waals surface area contributed by atoms with Crippen LogP contribution >= 0.6 is 0 Å². The fourth-order valence-electron chi connectivity index (χ4n) is 4.76. The molecule has 0 unspecified atom stereocenters. The zero-order valence-corrected chi connectivity index (χ0v) is 19.1. The van der Waals surface area contributed by atoms with Gasteiger partial charge in [-0.15, -0.1) is 0 Å². The first-order chi connectivity index (χ1) is 16.9. The highest BCUT2D eigenvalue weighted by Crippen LogP contribution is 2.37. The summed E-state index contributed by atoms with van der Waals surface area (Å²) in [6.45, 7) is 4.38. The maximum atomic E-state index is 14.5. The van der Waals surface area contributed by atoms with Gasteiger partial charge in [-0.2, -0.15) is 4.98 Å². The molecule has 35 heavy (non-hydrogen) atoms. The number of para-hydroxylation sites is 1. The summed E-state index contributed by atoms with van der Waals surface area (Å²) in [6.07, 6.45) is 2.60. The normalized spacial score (nSPS) is 15.6. The molecule has 4 heterocycles. The molecular formula is C25H22F2N6O2. The summed E-state index contributed by atoms with van der Waals surface area (Å²) in [5, 5.41) is 0. The van der Waals surface area contributed by atoms with Crippen molar-refractivity contribution in [2.24, 2.45) is 5.92 Å². The quantitative estimate of drug-likeness (QED) is 0.418. The number of aromatic nitrogens is 6. The topological polar surface area (TPSA) is 90.6 Å². The molecule has 0 amide bonds. The molecule has 10 heteroatoms. The van der Waals surface area contributed by atoms with Gasteiger partial charge in [0.1, 0.15) is 17.7 Å². The number of aromatic amines is 1. The first-order valence-corrected chi connectivity index (χ1v) is 11.5. The fraction of sp³-hybridized carbons (Fsp3) is 0.280. The number of H-pyrrole nitrogens is 1. The molecule has 5 aromatic rings. The average Bonchev–Trinajstić information content (AvgIpc) is 3.39. The van der Waals surface area contributed by atoms with Crippen molar-refractivity contribution >= 4 is 22.2 Å². The molecule has 0 spiro atoms. The van der Waals surface area contributed by atoms with E-state index in [0.29, 0.717) is 46.3 Å². The molecule has 2 aromatic carbocycles. The molecule has 0 aliphatic carbocycles. The Balaban J connectivity index is 1.62. The molecule has 8 nitrogen and oxygen atoms in total. The van der Waals surface area contributed by atoms with E-state index in [1.807, 2.05) is 0 Å². The van der Waals surface area contributed by atoms with Gasteiger partial charge in [-0.3, -0.25) is 9.13 Å². The summed E-state index contributed by atoms with van der Waals surface area (Å²) >= 11 is 0. The molecule has 178 valence electrons. The smallest absolute Gasteiger partial charge is 0.328 e. The van der Waals surface area contributed by atoms with Gasteiger partial charge in [0, 0.05) is 18.1 Å². The molecule has 1 atom stereocenters. The fourth-order valence-corrected chi connectivity index (χ4v) is 4.76. The molecule has 1 aliphatic heterocycles. The molecule has 0 radical (unpaired) electrons. The van der Waals surface area contributed by atoms with Crippen molar-refractivity contribution < 1.29 is 13.5 Å². The van der Waals surface area contributed by atoms with E-state index in [1.54, 1.807) is 33.7 Å². The van der Waals surface area contributed by atoms with Crippen LogP contribution in [-0.2, 0) is 6.42 Å². The van der Waals surface area contributed by atoms with E-state index in [9.17, 15) is 13.6 Å². The number of rotatable bonds is 4. The minimum atomic E-state index is -0.470. The number of benzene rings is 2. The lowest BCUT2D eigenvalue weighted by molar-refractivity contribution is 0.244. The third kappa shape index (κ3) is 3.48. The lowest BCUT2D eigenvalue weighted by Gasteiger charge is -2.26. The van der Waals surface area contributed by atoms with Crippen molar-refractivity contribution in [3.63, 3.8) is 0 Å². The van der Waals surface area contributed by atoms with Gasteiger partial charge in [0.15, 0.2) is 17.2 Å². The third-order valence-corrected chi connectivity index (χ3v) is 6.26. The van der Waals surface area contributed by atoms with Crippen molar-refractivity contribution in [2.75, 3.05) is 6.61 Å². The van der Waals surface area contributed by atoms with E-state index < -0.39 is 17.7 Å². The van der Waals surface area contributed by atoms with Crippen molar-refractivity contribution in [3.05, 3.63) is 76.1 Å². The Morgan fingerprint density at radius 2 is 2.06 bits per heavy atom. The molecule has 0 fully saturated rings. The zero-order chi connectivity index (χ0) is 24.3. The number of fused-ring (bicyclic) bond motifs is 3. The Kier molecular flexibility index (Phi) is 4.91. The number of halogens is 2. The van der Waals surface area contributed by atoms with Crippen molar-refractivity contribution in [3.8, 4) is 11.7 Å². The first kappa shape index (κ1) is 21.5. The highest BCUT2D eigenvalue weighted by Gasteiger charge is 2.29. The van der Waals surface area contributed by atoms with Gasteiger partial charge in [-0.1, -0.05) is 26.0 Å². The predicted octanol–water partition coefficient (Wildman–Crippen LogP) is 4.31. The van der Waals surface area contributed by atoms with E-state index in [4.69, 9.17) is 14.7 Å². The average molecular weight is 476 g/mol. The van der Waals surface area contributed by atoms with E-state index in [1.165, 1.54) is 18.2 Å². The van der Waals surface area contributed by atoms with Gasteiger partial charge in [-0.05, 0) is 30.5 Å². The summed E-state index contributed by atoms with van der Waals surface area (Å²) < 4.78 is 37.2. The van der Waals surface area contributed by atoms with Crippen LogP contribution in [0.3, 0.4) is 0 Å². The second-order valence-electron chi connectivity index (χ2n) is 9.13. The van der Waals surface area contributed by atoms with Crippen molar-refractivity contribution in [2.45, 2.75) is 32.7 Å². The first-order valence-electron chi connectivity index (χ1n) is 11.5. The van der Waals surface area contributed by atoms with Crippen LogP contribution in [0.25, 0.3) is 28.1 Å². The highest BCUT2D eigenvalue weighted by molar-refractivity contribution is 5.78. The third-order valence-electron chi connectivity index (χ3n) is 6.26. The SMILES string of the molecule is CC(C)Cc1nc(-n2cnc3ccc(F)cc32)nc2c1[nH]c(=O)n2[C@@H]1CCOc2c(F)cccc21.